The van der Waals surface area contributed by atoms with E-state index in [4.69, 9.17) is 14.2 Å². The van der Waals surface area contributed by atoms with Crippen LogP contribution in [0, 0.1) is 0 Å². The van der Waals surface area contributed by atoms with Crippen molar-refractivity contribution in [1.29, 1.82) is 0 Å². The van der Waals surface area contributed by atoms with Crippen LogP contribution in [0.1, 0.15) is 310 Å². The van der Waals surface area contributed by atoms with E-state index in [1.165, 1.54) is 141 Å². The van der Waals surface area contributed by atoms with Gasteiger partial charge in [0.25, 0.3) is 0 Å². The Morgan fingerprint density at radius 3 is 0.768 bits per heavy atom. The zero-order chi connectivity index (χ0) is 59.2. The summed E-state index contributed by atoms with van der Waals surface area (Å²) >= 11 is 0. The predicted molar refractivity (Wildman–Crippen MR) is 357 cm³/mol. The summed E-state index contributed by atoms with van der Waals surface area (Å²) in [6.45, 7) is 6.36. The number of carbonyl (C=O) groups excluding carboxylic acids is 3. The van der Waals surface area contributed by atoms with Gasteiger partial charge in [0.15, 0.2) is 6.10 Å². The number of unbranched alkanes of at least 4 members (excludes halogenated alkanes) is 28. The Morgan fingerprint density at radius 1 is 0.256 bits per heavy atom. The maximum atomic E-state index is 12.9. The van der Waals surface area contributed by atoms with Crippen LogP contribution in [0.3, 0.4) is 0 Å². The number of allylic oxidation sites excluding steroid dienone is 22. The molecule has 0 N–H and O–H groups in total. The fourth-order valence-electron chi connectivity index (χ4n) is 9.36. The number of esters is 3. The molecule has 0 aliphatic heterocycles. The van der Waals surface area contributed by atoms with Crippen LogP contribution in [0.4, 0.5) is 0 Å². The smallest absolute Gasteiger partial charge is 0.306 e. The maximum Gasteiger partial charge on any atom is 0.306 e. The highest BCUT2D eigenvalue weighted by atomic mass is 16.6. The first-order chi connectivity index (χ1) is 40.5. The van der Waals surface area contributed by atoms with Gasteiger partial charge in [-0.15, -0.1) is 0 Å². The van der Waals surface area contributed by atoms with Crippen molar-refractivity contribution in [3.8, 4) is 0 Å². The van der Waals surface area contributed by atoms with Crippen LogP contribution in [-0.2, 0) is 28.6 Å². The van der Waals surface area contributed by atoms with Gasteiger partial charge in [-0.2, -0.15) is 0 Å². The molecule has 0 aliphatic rings. The first-order valence-electron chi connectivity index (χ1n) is 34.2. The topological polar surface area (TPSA) is 78.9 Å². The van der Waals surface area contributed by atoms with Crippen molar-refractivity contribution in [2.24, 2.45) is 0 Å². The summed E-state index contributed by atoms with van der Waals surface area (Å²) in [6, 6.07) is 0. The second-order valence-electron chi connectivity index (χ2n) is 22.3. The van der Waals surface area contributed by atoms with E-state index in [0.29, 0.717) is 19.3 Å². The fraction of sp³-hybridized carbons (Fsp3) is 0.671. The van der Waals surface area contributed by atoms with Crippen LogP contribution in [0.2, 0.25) is 0 Å². The molecule has 0 aliphatic carbocycles. The Balaban J connectivity index is 4.11. The Hall–Kier alpha value is -4.45. The van der Waals surface area contributed by atoms with Crippen LogP contribution in [0.15, 0.2) is 134 Å². The van der Waals surface area contributed by atoms with Gasteiger partial charge in [-0.1, -0.05) is 309 Å². The molecule has 0 saturated heterocycles. The van der Waals surface area contributed by atoms with Crippen molar-refractivity contribution in [1.82, 2.24) is 0 Å². The molecule has 0 aromatic rings. The van der Waals surface area contributed by atoms with E-state index < -0.39 is 6.10 Å². The summed E-state index contributed by atoms with van der Waals surface area (Å²) in [4.78, 5) is 38.2. The molecule has 82 heavy (non-hydrogen) atoms. The summed E-state index contributed by atoms with van der Waals surface area (Å²) in [5.74, 6) is -0.936. The van der Waals surface area contributed by atoms with Gasteiger partial charge in [-0.05, 0) is 116 Å². The lowest BCUT2D eigenvalue weighted by Gasteiger charge is -2.18. The third-order valence-corrected chi connectivity index (χ3v) is 14.4. The van der Waals surface area contributed by atoms with E-state index >= 15 is 0 Å². The number of ether oxygens (including phenoxy) is 3. The van der Waals surface area contributed by atoms with E-state index in [0.717, 1.165) is 122 Å². The van der Waals surface area contributed by atoms with E-state index in [2.05, 4.69) is 154 Å². The van der Waals surface area contributed by atoms with E-state index in [1.54, 1.807) is 0 Å². The zero-order valence-corrected chi connectivity index (χ0v) is 53.5. The Morgan fingerprint density at radius 2 is 0.476 bits per heavy atom. The Kier molecular flexibility index (Phi) is 65.3. The van der Waals surface area contributed by atoms with Gasteiger partial charge >= 0.3 is 17.9 Å². The number of carbonyl (C=O) groups is 3. The second-order valence-corrected chi connectivity index (χ2v) is 22.3. The molecule has 0 radical (unpaired) electrons. The van der Waals surface area contributed by atoms with Crippen molar-refractivity contribution in [2.75, 3.05) is 13.2 Å². The molecular weight excluding hydrogens is 1010 g/mol. The molecule has 0 heterocycles. The standard InChI is InChI=1S/C76H126O6/c1-4-7-10-13-16-19-21-23-25-27-29-31-32-33-34-35-36-37-38-39-40-41-42-43-44-46-47-49-51-53-55-57-60-63-66-69-75(78)81-72-73(71-80-74(77)68-65-62-59-18-15-12-9-6-3)82-76(79)70-67-64-61-58-56-54-52-50-48-45-30-28-26-24-22-20-17-14-11-8-5-2/h7-8,10-11,16-17,19-20,23-26,29-31,33-34,45,50,52,56,58,73H,4-6,9,12-15,18,21-22,27-28,32,35-44,46-49,51,53-55,57,59-72H2,1-3H3/b10-7-,11-8-,19-16-,20-17-,25-23-,26-24-,31-29-,34-33-,45-30-,52-50-,58-56-. The third-order valence-electron chi connectivity index (χ3n) is 14.4. The van der Waals surface area contributed by atoms with Crippen molar-refractivity contribution in [2.45, 2.75) is 316 Å². The Labute approximate surface area is 506 Å². The third kappa shape index (κ3) is 66.4. The largest absolute Gasteiger partial charge is 0.462 e. The number of rotatable bonds is 61. The van der Waals surface area contributed by atoms with Gasteiger partial charge in [0.1, 0.15) is 13.2 Å². The minimum Gasteiger partial charge on any atom is -0.462 e. The van der Waals surface area contributed by atoms with E-state index in [-0.39, 0.29) is 37.5 Å². The summed E-state index contributed by atoms with van der Waals surface area (Å²) in [6.07, 6.45) is 97.9. The molecule has 0 rings (SSSR count). The molecule has 6 nitrogen and oxygen atoms in total. The molecule has 0 fully saturated rings. The van der Waals surface area contributed by atoms with Gasteiger partial charge in [-0.3, -0.25) is 14.4 Å². The van der Waals surface area contributed by atoms with Gasteiger partial charge in [0, 0.05) is 19.3 Å². The second kappa shape index (κ2) is 69.0. The fourth-order valence-corrected chi connectivity index (χ4v) is 9.36. The average molecular weight is 1140 g/mol. The molecule has 0 saturated carbocycles. The monoisotopic (exact) mass is 1130 g/mol. The van der Waals surface area contributed by atoms with Crippen LogP contribution in [-0.4, -0.2) is 37.2 Å². The van der Waals surface area contributed by atoms with Crippen LogP contribution >= 0.6 is 0 Å². The summed E-state index contributed by atoms with van der Waals surface area (Å²) in [5, 5.41) is 0. The predicted octanol–water partition coefficient (Wildman–Crippen LogP) is 23.7. The zero-order valence-electron chi connectivity index (χ0n) is 53.5. The van der Waals surface area contributed by atoms with Crippen LogP contribution < -0.4 is 0 Å². The molecule has 0 aromatic heterocycles. The van der Waals surface area contributed by atoms with Gasteiger partial charge in [-0.25, -0.2) is 0 Å². The highest BCUT2D eigenvalue weighted by molar-refractivity contribution is 5.71. The van der Waals surface area contributed by atoms with Crippen molar-refractivity contribution >= 4 is 17.9 Å². The van der Waals surface area contributed by atoms with Crippen molar-refractivity contribution in [3.05, 3.63) is 134 Å². The highest BCUT2D eigenvalue weighted by Crippen LogP contribution is 2.17. The number of hydrogen-bond acceptors (Lipinski definition) is 6. The highest BCUT2D eigenvalue weighted by Gasteiger charge is 2.19. The molecule has 0 aromatic carbocycles. The van der Waals surface area contributed by atoms with Crippen LogP contribution in [0.5, 0.6) is 0 Å². The van der Waals surface area contributed by atoms with Gasteiger partial charge in [0.2, 0.25) is 0 Å². The van der Waals surface area contributed by atoms with E-state index in [9.17, 15) is 14.4 Å². The van der Waals surface area contributed by atoms with Crippen molar-refractivity contribution < 1.29 is 28.6 Å². The minimum atomic E-state index is -0.801. The Bertz CT molecular complexity index is 1730. The lowest BCUT2D eigenvalue weighted by molar-refractivity contribution is -0.167. The lowest BCUT2D eigenvalue weighted by Crippen LogP contribution is -2.30. The number of hydrogen-bond donors (Lipinski definition) is 0. The summed E-state index contributed by atoms with van der Waals surface area (Å²) in [7, 11) is 0. The first-order valence-corrected chi connectivity index (χ1v) is 34.2. The normalized spacial score (nSPS) is 13.0. The maximum absolute atomic E-state index is 12.9. The average Bonchev–Trinajstić information content (AvgIpc) is 3.48. The molecule has 6 heteroatoms. The molecule has 466 valence electrons. The molecule has 1 atom stereocenters. The van der Waals surface area contributed by atoms with E-state index in [1.807, 2.05) is 0 Å². The molecule has 0 spiro atoms. The summed E-state index contributed by atoms with van der Waals surface area (Å²) < 4.78 is 16.8. The van der Waals surface area contributed by atoms with Crippen LogP contribution in [0.25, 0.3) is 0 Å². The molecular formula is C76H126O6. The SMILES string of the molecule is CC/C=C\C/C=C\C/C=C\C/C=C\C/C=C\C/C=C\CCCCC(=O)OC(COC(=O)CCCCCCCCCC)COC(=O)CCCCCCCCCCCCCCCCCCCCC/C=C\C/C=C\C/C=C\C/C=C\C/C=C\CC. The van der Waals surface area contributed by atoms with Gasteiger partial charge in [0.05, 0.1) is 0 Å². The van der Waals surface area contributed by atoms with Gasteiger partial charge < -0.3 is 14.2 Å². The molecule has 0 bridgehead atoms. The summed E-state index contributed by atoms with van der Waals surface area (Å²) in [5.41, 5.74) is 0. The lowest BCUT2D eigenvalue weighted by atomic mass is 10.0. The quantitative estimate of drug-likeness (QED) is 0.0261. The minimum absolute atomic E-state index is 0.0948. The first kappa shape index (κ1) is 77.5. The van der Waals surface area contributed by atoms with Crippen molar-refractivity contribution in [3.63, 3.8) is 0 Å². The molecule has 0 amide bonds. The molecule has 1 unspecified atom stereocenters.